The third-order valence-electron chi connectivity index (χ3n) is 4.02. The highest BCUT2D eigenvalue weighted by atomic mass is 79.9. The van der Waals surface area contributed by atoms with Crippen LogP contribution in [0, 0.1) is 0 Å². The number of rotatable bonds is 5. The third kappa shape index (κ3) is 5.76. The number of benzene rings is 1. The second kappa shape index (κ2) is 9.27. The molecule has 2 atom stereocenters. The number of hydrogen-bond donors (Lipinski definition) is 2. The van der Waals surface area contributed by atoms with Crippen molar-refractivity contribution in [1.82, 2.24) is 10.6 Å². The molecule has 2 aromatic rings. The van der Waals surface area contributed by atoms with Gasteiger partial charge in [0.25, 0.3) is 5.91 Å². The van der Waals surface area contributed by atoms with Gasteiger partial charge in [-0.15, -0.1) is 12.4 Å². The van der Waals surface area contributed by atoms with Crippen LogP contribution in [0.4, 0.5) is 0 Å². The molecule has 25 heavy (non-hydrogen) atoms. The Labute approximate surface area is 162 Å². The van der Waals surface area contributed by atoms with Gasteiger partial charge in [-0.3, -0.25) is 4.79 Å². The van der Waals surface area contributed by atoms with Crippen LogP contribution in [0.5, 0.6) is 5.75 Å². The van der Waals surface area contributed by atoms with E-state index in [1.54, 1.807) is 12.1 Å². The van der Waals surface area contributed by atoms with Crippen molar-refractivity contribution in [3.05, 3.63) is 52.4 Å². The fourth-order valence-corrected chi connectivity index (χ4v) is 3.19. The number of amides is 1. The molecule has 0 bridgehead atoms. The molecular weight excluding hydrogens is 408 g/mol. The van der Waals surface area contributed by atoms with E-state index in [0.717, 1.165) is 29.6 Å². The van der Waals surface area contributed by atoms with Gasteiger partial charge in [0.15, 0.2) is 5.76 Å². The zero-order valence-corrected chi connectivity index (χ0v) is 16.4. The zero-order chi connectivity index (χ0) is 16.9. The number of piperidine rings is 1. The molecule has 5 nitrogen and oxygen atoms in total. The number of halogens is 2. The molecule has 1 aliphatic heterocycles. The van der Waals surface area contributed by atoms with Crippen molar-refractivity contribution in [2.75, 3.05) is 6.54 Å². The van der Waals surface area contributed by atoms with Gasteiger partial charge in [0.2, 0.25) is 0 Å². The molecule has 1 aromatic carbocycles. The normalized spacial score (nSPS) is 19.8. The Morgan fingerprint density at radius 3 is 3.00 bits per heavy atom. The standard InChI is InChI=1S/C18H21BrN2O3.ClH/c1-12-9-14(7-8-20-12)21-18(22)17-6-5-16(24-17)11-23-15-4-2-3-13(19)10-15;/h2-6,10,12,14,20H,7-9,11H2,1H3,(H,21,22);1H. The van der Waals surface area contributed by atoms with Crippen molar-refractivity contribution in [2.45, 2.75) is 38.5 Å². The fraction of sp³-hybridized carbons (Fsp3) is 0.389. The molecule has 0 spiro atoms. The Hall–Kier alpha value is -1.50. The first-order valence-corrected chi connectivity index (χ1v) is 8.91. The van der Waals surface area contributed by atoms with Crippen LogP contribution in [0.3, 0.4) is 0 Å². The molecule has 1 fully saturated rings. The van der Waals surface area contributed by atoms with Gasteiger partial charge in [-0.05, 0) is 56.6 Å². The number of hydrogen-bond acceptors (Lipinski definition) is 4. The zero-order valence-electron chi connectivity index (χ0n) is 14.0. The molecule has 0 radical (unpaired) electrons. The lowest BCUT2D eigenvalue weighted by atomic mass is 10.0. The fourth-order valence-electron chi connectivity index (χ4n) is 2.81. The van der Waals surface area contributed by atoms with E-state index in [1.807, 2.05) is 24.3 Å². The quantitative estimate of drug-likeness (QED) is 0.756. The smallest absolute Gasteiger partial charge is 0.287 e. The van der Waals surface area contributed by atoms with E-state index in [0.29, 0.717) is 17.6 Å². The van der Waals surface area contributed by atoms with Gasteiger partial charge in [-0.25, -0.2) is 0 Å². The van der Waals surface area contributed by atoms with Crippen molar-refractivity contribution in [2.24, 2.45) is 0 Å². The SMILES string of the molecule is CC1CC(NC(=O)c2ccc(COc3cccc(Br)c3)o2)CCN1.Cl. The minimum atomic E-state index is -0.164. The Bertz CT molecular complexity index is 707. The van der Waals surface area contributed by atoms with Gasteiger partial charge >= 0.3 is 0 Å². The summed E-state index contributed by atoms with van der Waals surface area (Å²) in [4.78, 5) is 12.3. The lowest BCUT2D eigenvalue weighted by Crippen LogP contribution is -2.46. The summed E-state index contributed by atoms with van der Waals surface area (Å²) in [6, 6.07) is 11.7. The van der Waals surface area contributed by atoms with Crippen molar-refractivity contribution in [3.63, 3.8) is 0 Å². The molecule has 2 N–H and O–H groups in total. The first kappa shape index (κ1) is 19.8. The maximum Gasteiger partial charge on any atom is 0.287 e. The van der Waals surface area contributed by atoms with Gasteiger partial charge < -0.3 is 19.8 Å². The van der Waals surface area contributed by atoms with Crippen LogP contribution < -0.4 is 15.4 Å². The number of furan rings is 1. The summed E-state index contributed by atoms with van der Waals surface area (Å²) >= 11 is 3.40. The lowest BCUT2D eigenvalue weighted by molar-refractivity contribution is 0.0893. The van der Waals surface area contributed by atoms with E-state index in [-0.39, 0.29) is 31.0 Å². The van der Waals surface area contributed by atoms with Crippen molar-refractivity contribution in [3.8, 4) is 5.75 Å². The molecule has 1 aliphatic rings. The Kier molecular flexibility index (Phi) is 7.35. The highest BCUT2D eigenvalue weighted by Gasteiger charge is 2.21. The summed E-state index contributed by atoms with van der Waals surface area (Å²) in [5, 5.41) is 6.41. The predicted octanol–water partition coefficient (Wildman–Crippen LogP) is 3.91. The molecular formula is C18H22BrClN2O3. The second-order valence-electron chi connectivity index (χ2n) is 6.06. The van der Waals surface area contributed by atoms with E-state index in [2.05, 4.69) is 33.5 Å². The summed E-state index contributed by atoms with van der Waals surface area (Å²) in [5.41, 5.74) is 0. The molecule has 1 aromatic heterocycles. The van der Waals surface area contributed by atoms with Crippen LogP contribution in [0.15, 0.2) is 45.3 Å². The van der Waals surface area contributed by atoms with E-state index in [4.69, 9.17) is 9.15 Å². The van der Waals surface area contributed by atoms with Gasteiger partial charge in [-0.1, -0.05) is 22.0 Å². The molecule has 136 valence electrons. The Morgan fingerprint density at radius 1 is 1.40 bits per heavy atom. The van der Waals surface area contributed by atoms with E-state index in [9.17, 15) is 4.79 Å². The summed E-state index contributed by atoms with van der Waals surface area (Å²) in [7, 11) is 0. The van der Waals surface area contributed by atoms with Crippen LogP contribution in [0.2, 0.25) is 0 Å². The molecule has 7 heteroatoms. The lowest BCUT2D eigenvalue weighted by Gasteiger charge is -2.28. The Morgan fingerprint density at radius 2 is 2.24 bits per heavy atom. The summed E-state index contributed by atoms with van der Waals surface area (Å²) < 4.78 is 12.2. The number of carbonyl (C=O) groups excluding carboxylic acids is 1. The topological polar surface area (TPSA) is 63.5 Å². The van der Waals surface area contributed by atoms with Gasteiger partial charge in [0.1, 0.15) is 18.1 Å². The predicted molar refractivity (Wildman–Crippen MR) is 102 cm³/mol. The summed E-state index contributed by atoms with van der Waals surface area (Å²) in [6.45, 7) is 3.34. The minimum Gasteiger partial charge on any atom is -0.486 e. The molecule has 0 saturated carbocycles. The molecule has 2 heterocycles. The maximum absolute atomic E-state index is 12.3. The maximum atomic E-state index is 12.3. The minimum absolute atomic E-state index is 0. The van der Waals surface area contributed by atoms with Gasteiger partial charge in [-0.2, -0.15) is 0 Å². The highest BCUT2D eigenvalue weighted by molar-refractivity contribution is 9.10. The highest BCUT2D eigenvalue weighted by Crippen LogP contribution is 2.19. The van der Waals surface area contributed by atoms with E-state index >= 15 is 0 Å². The van der Waals surface area contributed by atoms with E-state index < -0.39 is 0 Å². The van der Waals surface area contributed by atoms with Crippen LogP contribution in [0.1, 0.15) is 36.1 Å². The van der Waals surface area contributed by atoms with Gasteiger partial charge in [0, 0.05) is 16.6 Å². The van der Waals surface area contributed by atoms with Gasteiger partial charge in [0.05, 0.1) is 0 Å². The second-order valence-corrected chi connectivity index (χ2v) is 6.98. The van der Waals surface area contributed by atoms with Crippen LogP contribution in [-0.2, 0) is 6.61 Å². The van der Waals surface area contributed by atoms with Crippen LogP contribution in [-0.4, -0.2) is 24.5 Å². The van der Waals surface area contributed by atoms with Crippen molar-refractivity contribution in [1.29, 1.82) is 0 Å². The summed E-state index contributed by atoms with van der Waals surface area (Å²) in [5.74, 6) is 1.53. The molecule has 2 unspecified atom stereocenters. The van der Waals surface area contributed by atoms with Crippen LogP contribution in [0.25, 0.3) is 0 Å². The Balaban J connectivity index is 0.00000225. The van der Waals surface area contributed by atoms with Crippen LogP contribution >= 0.6 is 28.3 Å². The first-order valence-electron chi connectivity index (χ1n) is 8.11. The number of carbonyl (C=O) groups is 1. The number of nitrogens with one attached hydrogen (secondary N) is 2. The first-order chi connectivity index (χ1) is 11.6. The van der Waals surface area contributed by atoms with E-state index in [1.165, 1.54) is 0 Å². The average Bonchev–Trinajstić information content (AvgIpc) is 3.02. The largest absolute Gasteiger partial charge is 0.486 e. The average molecular weight is 430 g/mol. The molecule has 1 amide bonds. The molecule has 3 rings (SSSR count). The molecule has 1 saturated heterocycles. The van der Waals surface area contributed by atoms with Crippen molar-refractivity contribution < 1.29 is 13.9 Å². The summed E-state index contributed by atoms with van der Waals surface area (Å²) in [6.07, 6.45) is 1.88. The van der Waals surface area contributed by atoms with Crippen molar-refractivity contribution >= 4 is 34.2 Å². The number of ether oxygens (including phenoxy) is 1. The third-order valence-corrected chi connectivity index (χ3v) is 4.51. The molecule has 0 aliphatic carbocycles. The monoisotopic (exact) mass is 428 g/mol.